The van der Waals surface area contributed by atoms with Crippen LogP contribution in [0.2, 0.25) is 0 Å². The van der Waals surface area contributed by atoms with Gasteiger partial charge in [-0.05, 0) is 38.5 Å². The van der Waals surface area contributed by atoms with E-state index >= 15 is 0 Å². The number of aryl methyl sites for hydroxylation is 1. The van der Waals surface area contributed by atoms with Crippen LogP contribution in [-0.4, -0.2) is 10.9 Å². The molecule has 0 unspecified atom stereocenters. The summed E-state index contributed by atoms with van der Waals surface area (Å²) >= 11 is 0. The number of hydrogen-bond acceptors (Lipinski definition) is 2. The second-order valence-corrected chi connectivity index (χ2v) is 2.75. The lowest BCUT2D eigenvalue weighted by atomic mass is 10.2. The molecule has 0 heterocycles. The minimum absolute atomic E-state index is 0.167. The minimum atomic E-state index is 0.167. The predicted molar refractivity (Wildman–Crippen MR) is 60.5 cm³/mol. The molecule has 80 valence electrons. The summed E-state index contributed by atoms with van der Waals surface area (Å²) in [5.74, 6) is 0.505. The van der Waals surface area contributed by atoms with E-state index in [0.29, 0.717) is 5.75 Å². The molecule has 1 aromatic rings. The molecule has 0 amide bonds. The fraction of sp³-hybridized carbons (Fsp3) is 0.417. The highest BCUT2D eigenvalue weighted by molar-refractivity contribution is 5.72. The SMILES string of the molecule is CC.CC(C)=O.Cc1cccc(O)c1. The van der Waals surface area contributed by atoms with Gasteiger partial charge in [0.2, 0.25) is 0 Å². The van der Waals surface area contributed by atoms with Crippen LogP contribution >= 0.6 is 0 Å². The molecule has 0 aliphatic carbocycles. The summed E-state index contributed by atoms with van der Waals surface area (Å²) in [6, 6.07) is 7.15. The van der Waals surface area contributed by atoms with Gasteiger partial charge >= 0.3 is 0 Å². The number of phenols is 1. The van der Waals surface area contributed by atoms with Crippen LogP contribution in [0.3, 0.4) is 0 Å². The van der Waals surface area contributed by atoms with Gasteiger partial charge in [-0.2, -0.15) is 0 Å². The summed E-state index contributed by atoms with van der Waals surface area (Å²) in [4.78, 5) is 9.44. The first-order valence-electron chi connectivity index (χ1n) is 4.75. The number of carbonyl (C=O) groups excluding carboxylic acids is 1. The van der Waals surface area contributed by atoms with Gasteiger partial charge in [-0.15, -0.1) is 0 Å². The Labute approximate surface area is 86.6 Å². The Morgan fingerprint density at radius 1 is 1.21 bits per heavy atom. The summed E-state index contributed by atoms with van der Waals surface area (Å²) in [6.07, 6.45) is 0. The van der Waals surface area contributed by atoms with Crippen molar-refractivity contribution in [1.29, 1.82) is 0 Å². The molecular formula is C12H20O2. The van der Waals surface area contributed by atoms with Gasteiger partial charge in [0.25, 0.3) is 0 Å². The lowest BCUT2D eigenvalue weighted by molar-refractivity contribution is -0.114. The molecule has 2 heteroatoms. The van der Waals surface area contributed by atoms with Gasteiger partial charge < -0.3 is 9.90 Å². The molecule has 1 N–H and O–H groups in total. The Bertz CT molecular complexity index is 233. The number of aromatic hydroxyl groups is 1. The van der Waals surface area contributed by atoms with Crippen molar-refractivity contribution in [2.75, 3.05) is 0 Å². The molecule has 14 heavy (non-hydrogen) atoms. The molecule has 2 nitrogen and oxygen atoms in total. The zero-order chi connectivity index (χ0) is 11.6. The average molecular weight is 196 g/mol. The van der Waals surface area contributed by atoms with Crippen LogP contribution in [0.25, 0.3) is 0 Å². The van der Waals surface area contributed by atoms with Gasteiger partial charge in [0.05, 0.1) is 0 Å². The van der Waals surface area contributed by atoms with Crippen LogP contribution in [0.5, 0.6) is 5.75 Å². The maximum Gasteiger partial charge on any atom is 0.126 e. The number of benzene rings is 1. The highest BCUT2D eigenvalue weighted by Gasteiger charge is 1.83. The molecule has 0 fully saturated rings. The van der Waals surface area contributed by atoms with Gasteiger partial charge in [-0.25, -0.2) is 0 Å². The van der Waals surface area contributed by atoms with Crippen molar-refractivity contribution in [3.05, 3.63) is 29.8 Å². The number of Topliss-reactive ketones (excluding diaryl/α,β-unsaturated/α-hetero) is 1. The second kappa shape index (κ2) is 9.78. The van der Waals surface area contributed by atoms with Crippen molar-refractivity contribution in [2.24, 2.45) is 0 Å². The van der Waals surface area contributed by atoms with Crippen molar-refractivity contribution in [1.82, 2.24) is 0 Å². The standard InChI is InChI=1S/C7H8O.C3H6O.C2H6/c1-6-3-2-4-7(8)5-6;1-3(2)4;1-2/h2-5,8H,1H3;1-2H3;1-2H3. The van der Waals surface area contributed by atoms with E-state index in [-0.39, 0.29) is 5.78 Å². The van der Waals surface area contributed by atoms with Gasteiger partial charge in [0.1, 0.15) is 11.5 Å². The molecular weight excluding hydrogens is 176 g/mol. The van der Waals surface area contributed by atoms with E-state index in [1.165, 1.54) is 13.8 Å². The fourth-order valence-electron chi connectivity index (χ4n) is 0.628. The third-order valence-corrected chi connectivity index (χ3v) is 1.00. The zero-order valence-electron chi connectivity index (χ0n) is 9.66. The van der Waals surface area contributed by atoms with E-state index < -0.39 is 0 Å². The number of hydrogen-bond donors (Lipinski definition) is 1. The van der Waals surface area contributed by atoms with Crippen molar-refractivity contribution < 1.29 is 9.90 Å². The van der Waals surface area contributed by atoms with Crippen molar-refractivity contribution >= 4 is 5.78 Å². The van der Waals surface area contributed by atoms with Crippen molar-refractivity contribution in [3.63, 3.8) is 0 Å². The first-order chi connectivity index (χ1) is 6.52. The largest absolute Gasteiger partial charge is 0.508 e. The molecule has 0 radical (unpaired) electrons. The third kappa shape index (κ3) is 13.3. The Hall–Kier alpha value is -1.31. The average Bonchev–Trinajstić information content (AvgIpc) is 2.06. The van der Waals surface area contributed by atoms with Gasteiger partial charge in [-0.3, -0.25) is 0 Å². The summed E-state index contributed by atoms with van der Waals surface area (Å²) in [5.41, 5.74) is 1.09. The maximum atomic E-state index is 9.44. The Morgan fingerprint density at radius 2 is 1.64 bits per heavy atom. The van der Waals surface area contributed by atoms with E-state index in [9.17, 15) is 4.79 Å². The van der Waals surface area contributed by atoms with E-state index in [2.05, 4.69) is 0 Å². The lowest BCUT2D eigenvalue weighted by Crippen LogP contribution is -1.69. The third-order valence-electron chi connectivity index (χ3n) is 1.00. The minimum Gasteiger partial charge on any atom is -0.508 e. The Kier molecular flexibility index (Phi) is 10.6. The molecule has 1 aromatic carbocycles. The number of carbonyl (C=O) groups is 1. The predicted octanol–water partition coefficient (Wildman–Crippen LogP) is 3.32. The first kappa shape index (κ1) is 15.2. The van der Waals surface area contributed by atoms with Crippen LogP contribution in [-0.2, 0) is 4.79 Å². The van der Waals surface area contributed by atoms with Crippen molar-refractivity contribution in [2.45, 2.75) is 34.6 Å². The molecule has 0 spiro atoms. The monoisotopic (exact) mass is 196 g/mol. The van der Waals surface area contributed by atoms with Crippen molar-refractivity contribution in [3.8, 4) is 5.75 Å². The first-order valence-corrected chi connectivity index (χ1v) is 4.75. The summed E-state index contributed by atoms with van der Waals surface area (Å²) in [5, 5.41) is 8.81. The smallest absolute Gasteiger partial charge is 0.126 e. The molecule has 0 atom stereocenters. The summed E-state index contributed by atoms with van der Waals surface area (Å²) < 4.78 is 0. The van der Waals surface area contributed by atoms with Crippen LogP contribution in [0, 0.1) is 6.92 Å². The topological polar surface area (TPSA) is 37.3 Å². The second-order valence-electron chi connectivity index (χ2n) is 2.75. The highest BCUT2D eigenvalue weighted by atomic mass is 16.3. The van der Waals surface area contributed by atoms with E-state index in [4.69, 9.17) is 5.11 Å². The fourth-order valence-corrected chi connectivity index (χ4v) is 0.628. The Morgan fingerprint density at radius 3 is 1.86 bits per heavy atom. The summed E-state index contributed by atoms with van der Waals surface area (Å²) in [6.45, 7) is 9.00. The highest BCUT2D eigenvalue weighted by Crippen LogP contribution is 2.08. The Balaban J connectivity index is 0. The maximum absolute atomic E-state index is 9.44. The molecule has 0 saturated carbocycles. The zero-order valence-corrected chi connectivity index (χ0v) is 9.66. The van der Waals surface area contributed by atoms with Crippen LogP contribution in [0.4, 0.5) is 0 Å². The van der Waals surface area contributed by atoms with Gasteiger partial charge in [0.15, 0.2) is 0 Å². The normalized spacial score (nSPS) is 7.50. The van der Waals surface area contributed by atoms with Crippen LogP contribution in [0.1, 0.15) is 33.3 Å². The molecule has 0 aromatic heterocycles. The number of ketones is 1. The van der Waals surface area contributed by atoms with E-state index in [0.717, 1.165) is 5.56 Å². The lowest BCUT2D eigenvalue weighted by Gasteiger charge is -1.89. The molecule has 0 bridgehead atoms. The molecule has 0 aliphatic heterocycles. The van der Waals surface area contributed by atoms with E-state index in [1.54, 1.807) is 12.1 Å². The van der Waals surface area contributed by atoms with Gasteiger partial charge in [-0.1, -0.05) is 26.0 Å². The summed E-state index contributed by atoms with van der Waals surface area (Å²) in [7, 11) is 0. The number of phenolic OH excluding ortho intramolecular Hbond substituents is 1. The van der Waals surface area contributed by atoms with Crippen LogP contribution in [0.15, 0.2) is 24.3 Å². The number of rotatable bonds is 0. The van der Waals surface area contributed by atoms with Crippen LogP contribution < -0.4 is 0 Å². The van der Waals surface area contributed by atoms with E-state index in [1.807, 2.05) is 32.9 Å². The molecule has 1 rings (SSSR count). The quantitative estimate of drug-likeness (QED) is 0.691. The molecule has 0 aliphatic rings. The molecule has 0 saturated heterocycles. The van der Waals surface area contributed by atoms with Gasteiger partial charge in [0, 0.05) is 0 Å².